The van der Waals surface area contributed by atoms with Crippen LogP contribution in [0.4, 0.5) is 0 Å². The van der Waals surface area contributed by atoms with Crippen LogP contribution >= 0.6 is 0 Å². The molecular formula is C18H9IrN2OS-. The molecule has 5 heteroatoms. The molecule has 23 heavy (non-hydrogen) atoms. The molecule has 0 aliphatic carbocycles. The normalized spacial score (nSPS) is 15.2. The molecule has 4 aromatic rings. The molecule has 3 nitrogen and oxygen atoms in total. The second-order valence-corrected chi connectivity index (χ2v) is 6.65. The molecule has 2 aromatic heterocycles. The third-order valence-electron chi connectivity index (χ3n) is 4.08. The summed E-state index contributed by atoms with van der Waals surface area (Å²) in [6.07, 6.45) is 5.40. The van der Waals surface area contributed by atoms with Crippen molar-refractivity contribution in [3.63, 3.8) is 0 Å². The van der Waals surface area contributed by atoms with Crippen molar-refractivity contribution in [2.75, 3.05) is 0 Å². The Labute approximate surface area is 148 Å². The minimum absolute atomic E-state index is 0. The Kier molecular flexibility index (Phi) is 3.38. The van der Waals surface area contributed by atoms with E-state index in [1.54, 1.807) is 12.4 Å². The fourth-order valence-electron chi connectivity index (χ4n) is 3.13. The third kappa shape index (κ3) is 1.94. The van der Waals surface area contributed by atoms with Gasteiger partial charge in [-0.1, -0.05) is 0 Å². The van der Waals surface area contributed by atoms with E-state index in [1.165, 1.54) is 0 Å². The Morgan fingerprint density at radius 3 is 2.83 bits per heavy atom. The molecule has 1 aliphatic heterocycles. The van der Waals surface area contributed by atoms with Crippen molar-refractivity contribution in [2.24, 2.45) is 0 Å². The molecule has 1 atom stereocenters. The Morgan fingerprint density at radius 1 is 1.04 bits per heavy atom. The van der Waals surface area contributed by atoms with E-state index in [0.717, 1.165) is 42.6 Å². The van der Waals surface area contributed by atoms with Crippen molar-refractivity contribution in [1.82, 2.24) is 9.97 Å². The summed E-state index contributed by atoms with van der Waals surface area (Å²) in [5.41, 5.74) is 1.70. The molecule has 0 spiro atoms. The molecule has 1 unspecified atom stereocenters. The van der Waals surface area contributed by atoms with Crippen LogP contribution in [0.25, 0.3) is 32.8 Å². The quantitative estimate of drug-likeness (QED) is 0.244. The second-order valence-electron chi connectivity index (χ2n) is 5.23. The summed E-state index contributed by atoms with van der Waals surface area (Å²) in [6.45, 7) is 0. The van der Waals surface area contributed by atoms with E-state index in [9.17, 15) is 4.21 Å². The van der Waals surface area contributed by atoms with Crippen LogP contribution in [-0.4, -0.2) is 14.2 Å². The van der Waals surface area contributed by atoms with Gasteiger partial charge in [0.25, 0.3) is 0 Å². The van der Waals surface area contributed by atoms with Gasteiger partial charge in [-0.2, -0.15) is 0 Å². The number of pyridine rings is 2. The molecule has 3 heterocycles. The second kappa shape index (κ2) is 5.31. The molecule has 5 rings (SSSR count). The Balaban J connectivity index is 0.00000135. The monoisotopic (exact) mass is 494 g/mol. The smallest absolute Gasteiger partial charge is 0.0420 e. The summed E-state index contributed by atoms with van der Waals surface area (Å²) in [5.74, 6) is 0. The summed E-state index contributed by atoms with van der Waals surface area (Å²) >= 11 is 0. The minimum Gasteiger partial charge on any atom is -0.304 e. The zero-order chi connectivity index (χ0) is 14.7. The molecule has 113 valence electrons. The largest absolute Gasteiger partial charge is 0.304 e. The van der Waals surface area contributed by atoms with Gasteiger partial charge in [0.05, 0.1) is 0 Å². The Bertz CT molecular complexity index is 1110. The molecular weight excluding hydrogens is 484 g/mol. The Hall–Kier alpha value is -1.94. The maximum Gasteiger partial charge on any atom is 0.0420 e. The number of benzene rings is 2. The molecule has 1 aliphatic rings. The fourth-order valence-corrected chi connectivity index (χ4v) is 4.54. The summed E-state index contributed by atoms with van der Waals surface area (Å²) in [4.78, 5) is 10.3. The van der Waals surface area contributed by atoms with Gasteiger partial charge in [0, 0.05) is 59.8 Å². The van der Waals surface area contributed by atoms with Gasteiger partial charge in [0.2, 0.25) is 0 Å². The van der Waals surface area contributed by atoms with E-state index in [2.05, 4.69) is 16.0 Å². The standard InChI is InChI=1S/C18H9N2OS.Ir/c21-22-15-4-2-1-3-14(15)18-17-13(6-8-20-18)12-5-7-19-10-11(12)9-16(17)22;/h1-2,4-10H;/q-1;. The zero-order valence-corrected chi connectivity index (χ0v) is 15.0. The summed E-state index contributed by atoms with van der Waals surface area (Å²) in [7, 11) is -1.22. The van der Waals surface area contributed by atoms with Crippen LogP contribution in [0.15, 0.2) is 64.8 Å². The first-order chi connectivity index (χ1) is 10.8. The number of aromatic nitrogens is 2. The number of nitrogens with zero attached hydrogens (tertiary/aromatic N) is 2. The number of hydrogen-bond donors (Lipinski definition) is 0. The first-order valence-corrected chi connectivity index (χ1v) is 8.08. The van der Waals surface area contributed by atoms with E-state index < -0.39 is 10.8 Å². The van der Waals surface area contributed by atoms with Gasteiger partial charge >= 0.3 is 0 Å². The molecule has 0 N–H and O–H groups in total. The van der Waals surface area contributed by atoms with Gasteiger partial charge in [0.1, 0.15) is 0 Å². The minimum atomic E-state index is -1.22. The predicted molar refractivity (Wildman–Crippen MR) is 86.0 cm³/mol. The van der Waals surface area contributed by atoms with Crippen molar-refractivity contribution in [1.29, 1.82) is 0 Å². The van der Waals surface area contributed by atoms with Gasteiger partial charge in [0.15, 0.2) is 0 Å². The van der Waals surface area contributed by atoms with Crippen molar-refractivity contribution in [3.05, 3.63) is 61.1 Å². The maximum absolute atomic E-state index is 13.0. The van der Waals surface area contributed by atoms with E-state index in [4.69, 9.17) is 0 Å². The number of rotatable bonds is 0. The van der Waals surface area contributed by atoms with Crippen molar-refractivity contribution < 1.29 is 24.3 Å². The van der Waals surface area contributed by atoms with Gasteiger partial charge in [-0.3, -0.25) is 9.19 Å². The molecule has 2 aromatic carbocycles. The number of fused-ring (bicyclic) bond motifs is 4. The third-order valence-corrected chi connectivity index (χ3v) is 5.54. The Morgan fingerprint density at radius 2 is 1.91 bits per heavy atom. The van der Waals surface area contributed by atoms with Crippen LogP contribution in [0.5, 0.6) is 0 Å². The summed E-state index contributed by atoms with van der Waals surface area (Å²) in [6, 6.07) is 14.7. The van der Waals surface area contributed by atoms with Crippen molar-refractivity contribution in [2.45, 2.75) is 9.79 Å². The summed E-state index contributed by atoms with van der Waals surface area (Å²) < 4.78 is 13.0. The summed E-state index contributed by atoms with van der Waals surface area (Å²) in [5, 5.41) is 4.14. The van der Waals surface area contributed by atoms with E-state index >= 15 is 0 Å². The van der Waals surface area contributed by atoms with E-state index in [1.807, 2.05) is 42.6 Å². The van der Waals surface area contributed by atoms with Gasteiger partial charge in [-0.25, -0.2) is 0 Å². The van der Waals surface area contributed by atoms with Crippen LogP contribution in [0.3, 0.4) is 0 Å². The predicted octanol–water partition coefficient (Wildman–Crippen LogP) is 3.73. The first-order valence-electron chi connectivity index (χ1n) is 6.93. The van der Waals surface area contributed by atoms with Gasteiger partial charge < -0.3 is 4.98 Å². The first kappa shape index (κ1) is 14.6. The van der Waals surface area contributed by atoms with Crippen LogP contribution in [0.1, 0.15) is 0 Å². The average Bonchev–Trinajstić information content (AvgIpc) is 2.59. The van der Waals surface area contributed by atoms with Crippen molar-refractivity contribution in [3.8, 4) is 11.3 Å². The zero-order valence-electron chi connectivity index (χ0n) is 11.7. The van der Waals surface area contributed by atoms with Crippen LogP contribution < -0.4 is 0 Å². The van der Waals surface area contributed by atoms with Crippen LogP contribution in [0, 0.1) is 6.07 Å². The number of hydrogen-bond acceptors (Lipinski definition) is 3. The molecule has 0 fully saturated rings. The molecule has 1 radical (unpaired) electrons. The molecule has 0 amide bonds. The van der Waals surface area contributed by atoms with Crippen LogP contribution in [0.2, 0.25) is 0 Å². The molecule has 0 saturated carbocycles. The van der Waals surface area contributed by atoms with Crippen molar-refractivity contribution >= 4 is 32.3 Å². The SMILES string of the molecule is O=S1c2ccc[c-]c2-c2nccc3c2c1cc1cnccc13.[Ir]. The van der Waals surface area contributed by atoms with Crippen LogP contribution in [-0.2, 0) is 30.9 Å². The van der Waals surface area contributed by atoms with Gasteiger partial charge in [-0.05, 0) is 44.9 Å². The average molecular weight is 494 g/mol. The molecule has 0 bridgehead atoms. The maximum atomic E-state index is 13.0. The topological polar surface area (TPSA) is 42.9 Å². The van der Waals surface area contributed by atoms with E-state index in [-0.39, 0.29) is 20.1 Å². The van der Waals surface area contributed by atoms with Gasteiger partial charge in [-0.15, -0.1) is 29.8 Å². The van der Waals surface area contributed by atoms with E-state index in [0.29, 0.717) is 0 Å². The fraction of sp³-hybridized carbons (Fsp3) is 0. The molecule has 0 saturated heterocycles.